The molecule has 0 aromatic rings. The molecular weight excluding hydrogens is 290 g/mol. The van der Waals surface area contributed by atoms with Gasteiger partial charge in [-0.05, 0) is 38.5 Å². The van der Waals surface area contributed by atoms with Crippen molar-refractivity contribution in [2.75, 3.05) is 46.1 Å². The van der Waals surface area contributed by atoms with Crippen molar-refractivity contribution < 1.29 is 14.2 Å². The van der Waals surface area contributed by atoms with E-state index in [1.165, 1.54) is 51.5 Å². The van der Waals surface area contributed by atoms with Crippen LogP contribution in [0.5, 0.6) is 0 Å². The molecule has 132 valence electrons. The second-order valence-corrected chi connectivity index (χ2v) is 8.42. The summed E-state index contributed by atoms with van der Waals surface area (Å²) in [5.41, 5.74) is 0.581. The lowest BCUT2D eigenvalue weighted by Crippen LogP contribution is -2.45. The SMILES string of the molecule is C1CCC2(CC1)CCC(CN1CCOCC3(CCOCC3)C1)O2. The van der Waals surface area contributed by atoms with Crippen LogP contribution in [0.1, 0.15) is 57.8 Å². The molecule has 4 heteroatoms. The Labute approximate surface area is 140 Å². The topological polar surface area (TPSA) is 30.9 Å². The van der Waals surface area contributed by atoms with Crippen molar-refractivity contribution in [2.24, 2.45) is 5.41 Å². The third-order valence-corrected chi connectivity index (χ3v) is 6.64. The zero-order chi connectivity index (χ0) is 15.6. The molecule has 3 heterocycles. The maximum absolute atomic E-state index is 6.60. The van der Waals surface area contributed by atoms with Crippen LogP contribution in [0.25, 0.3) is 0 Å². The van der Waals surface area contributed by atoms with Gasteiger partial charge in [0, 0.05) is 38.3 Å². The van der Waals surface area contributed by atoms with E-state index in [0.717, 1.165) is 52.4 Å². The highest BCUT2D eigenvalue weighted by Gasteiger charge is 2.42. The van der Waals surface area contributed by atoms with Crippen LogP contribution >= 0.6 is 0 Å². The molecule has 0 bridgehead atoms. The van der Waals surface area contributed by atoms with Gasteiger partial charge in [-0.15, -0.1) is 0 Å². The quantitative estimate of drug-likeness (QED) is 0.782. The Bertz CT molecular complexity index is 388. The first-order valence-electron chi connectivity index (χ1n) is 9.83. The summed E-state index contributed by atoms with van der Waals surface area (Å²) in [6.07, 6.45) is 12.0. The number of rotatable bonds is 2. The molecule has 4 nitrogen and oxygen atoms in total. The minimum atomic E-state index is 0.252. The fourth-order valence-electron chi connectivity index (χ4n) is 5.22. The molecule has 1 unspecified atom stereocenters. The summed E-state index contributed by atoms with van der Waals surface area (Å²) in [4.78, 5) is 2.63. The lowest BCUT2D eigenvalue weighted by atomic mass is 9.80. The number of ether oxygens (including phenoxy) is 3. The molecule has 3 saturated heterocycles. The summed E-state index contributed by atoms with van der Waals surface area (Å²) in [6, 6.07) is 0. The van der Waals surface area contributed by atoms with Gasteiger partial charge < -0.3 is 14.2 Å². The molecule has 23 heavy (non-hydrogen) atoms. The highest BCUT2D eigenvalue weighted by Crippen LogP contribution is 2.42. The first-order valence-corrected chi connectivity index (χ1v) is 9.83. The van der Waals surface area contributed by atoms with Gasteiger partial charge in [0.1, 0.15) is 0 Å². The molecule has 2 spiro atoms. The van der Waals surface area contributed by atoms with E-state index in [1.807, 2.05) is 0 Å². The van der Waals surface area contributed by atoms with E-state index >= 15 is 0 Å². The third-order valence-electron chi connectivity index (χ3n) is 6.64. The normalized spacial score (nSPS) is 34.7. The van der Waals surface area contributed by atoms with E-state index < -0.39 is 0 Å². The van der Waals surface area contributed by atoms with Crippen LogP contribution in [-0.4, -0.2) is 62.7 Å². The van der Waals surface area contributed by atoms with Crippen LogP contribution < -0.4 is 0 Å². The van der Waals surface area contributed by atoms with Gasteiger partial charge in [0.05, 0.1) is 24.9 Å². The lowest BCUT2D eigenvalue weighted by Gasteiger charge is -2.39. The number of hydrogen-bond acceptors (Lipinski definition) is 4. The van der Waals surface area contributed by atoms with Gasteiger partial charge in [-0.25, -0.2) is 0 Å². The van der Waals surface area contributed by atoms with Crippen LogP contribution in [-0.2, 0) is 14.2 Å². The predicted octanol–water partition coefficient (Wildman–Crippen LogP) is 3.00. The van der Waals surface area contributed by atoms with Gasteiger partial charge in [0.2, 0.25) is 0 Å². The largest absolute Gasteiger partial charge is 0.381 e. The summed E-state index contributed by atoms with van der Waals surface area (Å²) in [5, 5.41) is 0. The summed E-state index contributed by atoms with van der Waals surface area (Å²) in [5.74, 6) is 0. The van der Waals surface area contributed by atoms with Crippen molar-refractivity contribution in [1.82, 2.24) is 4.90 Å². The van der Waals surface area contributed by atoms with E-state index in [9.17, 15) is 0 Å². The summed E-state index contributed by atoms with van der Waals surface area (Å²) in [7, 11) is 0. The smallest absolute Gasteiger partial charge is 0.0710 e. The Balaban J connectivity index is 1.34. The Morgan fingerprint density at radius 2 is 1.70 bits per heavy atom. The van der Waals surface area contributed by atoms with E-state index in [1.54, 1.807) is 0 Å². The highest BCUT2D eigenvalue weighted by molar-refractivity contribution is 4.93. The molecule has 0 amide bonds. The molecule has 4 fully saturated rings. The zero-order valence-electron chi connectivity index (χ0n) is 14.6. The minimum Gasteiger partial charge on any atom is -0.381 e. The lowest BCUT2D eigenvalue weighted by molar-refractivity contribution is -0.0760. The van der Waals surface area contributed by atoms with Crippen LogP contribution in [0, 0.1) is 5.41 Å². The Hall–Kier alpha value is -0.160. The van der Waals surface area contributed by atoms with Gasteiger partial charge >= 0.3 is 0 Å². The molecular formula is C19H33NO3. The van der Waals surface area contributed by atoms with E-state index in [0.29, 0.717) is 11.5 Å². The van der Waals surface area contributed by atoms with Crippen LogP contribution in [0.2, 0.25) is 0 Å². The molecule has 1 atom stereocenters. The van der Waals surface area contributed by atoms with Crippen LogP contribution in [0.4, 0.5) is 0 Å². The van der Waals surface area contributed by atoms with Crippen molar-refractivity contribution >= 4 is 0 Å². The van der Waals surface area contributed by atoms with Crippen molar-refractivity contribution in [3.63, 3.8) is 0 Å². The van der Waals surface area contributed by atoms with E-state index in [2.05, 4.69) is 4.90 Å². The molecule has 3 aliphatic heterocycles. The Morgan fingerprint density at radius 1 is 0.870 bits per heavy atom. The maximum Gasteiger partial charge on any atom is 0.0710 e. The van der Waals surface area contributed by atoms with Crippen LogP contribution in [0.3, 0.4) is 0 Å². The summed E-state index contributed by atoms with van der Waals surface area (Å²) in [6.45, 7) is 6.94. The molecule has 0 aromatic heterocycles. The molecule has 0 aromatic carbocycles. The standard InChI is InChI=1S/C19H33NO3/c1-2-5-19(6-3-1)7-4-17(23-19)14-20-10-13-22-16-18(15-20)8-11-21-12-9-18/h17H,1-16H2. The minimum absolute atomic E-state index is 0.252. The number of hydrogen-bond donors (Lipinski definition) is 0. The summed E-state index contributed by atoms with van der Waals surface area (Å²) >= 11 is 0. The molecule has 4 rings (SSSR count). The Morgan fingerprint density at radius 3 is 2.52 bits per heavy atom. The molecule has 4 aliphatic rings. The van der Waals surface area contributed by atoms with Gasteiger partial charge in [-0.3, -0.25) is 4.90 Å². The highest BCUT2D eigenvalue weighted by atomic mass is 16.5. The molecule has 1 saturated carbocycles. The molecule has 1 aliphatic carbocycles. The average molecular weight is 323 g/mol. The number of nitrogens with zero attached hydrogens (tertiary/aromatic N) is 1. The predicted molar refractivity (Wildman–Crippen MR) is 89.7 cm³/mol. The average Bonchev–Trinajstić information content (AvgIpc) is 2.84. The van der Waals surface area contributed by atoms with Crippen molar-refractivity contribution in [1.29, 1.82) is 0 Å². The summed E-state index contributed by atoms with van der Waals surface area (Å²) < 4.78 is 18.1. The van der Waals surface area contributed by atoms with E-state index in [-0.39, 0.29) is 5.60 Å². The third kappa shape index (κ3) is 3.76. The zero-order valence-corrected chi connectivity index (χ0v) is 14.6. The van der Waals surface area contributed by atoms with Crippen molar-refractivity contribution in [2.45, 2.75) is 69.5 Å². The fourth-order valence-corrected chi connectivity index (χ4v) is 5.22. The van der Waals surface area contributed by atoms with Gasteiger partial charge in [-0.1, -0.05) is 19.3 Å². The van der Waals surface area contributed by atoms with Gasteiger partial charge in [0.15, 0.2) is 0 Å². The second-order valence-electron chi connectivity index (χ2n) is 8.42. The van der Waals surface area contributed by atoms with Gasteiger partial charge in [-0.2, -0.15) is 0 Å². The first-order chi connectivity index (χ1) is 11.3. The monoisotopic (exact) mass is 323 g/mol. The van der Waals surface area contributed by atoms with Crippen LogP contribution in [0.15, 0.2) is 0 Å². The van der Waals surface area contributed by atoms with Crippen molar-refractivity contribution in [3.05, 3.63) is 0 Å². The van der Waals surface area contributed by atoms with Crippen molar-refractivity contribution in [3.8, 4) is 0 Å². The Kier molecular flexibility index (Phi) is 4.96. The molecule has 0 radical (unpaired) electrons. The molecule has 0 N–H and O–H groups in total. The fraction of sp³-hybridized carbons (Fsp3) is 1.00. The van der Waals surface area contributed by atoms with E-state index in [4.69, 9.17) is 14.2 Å². The second kappa shape index (κ2) is 6.99. The first kappa shape index (κ1) is 16.3. The van der Waals surface area contributed by atoms with Gasteiger partial charge in [0.25, 0.3) is 0 Å². The maximum atomic E-state index is 6.60.